The Hall–Kier alpha value is -2.15. The van der Waals surface area contributed by atoms with Gasteiger partial charge in [0.15, 0.2) is 0 Å². The topological polar surface area (TPSA) is 48.1 Å². The molecule has 2 N–H and O–H groups in total. The number of nitrogens with zero attached hydrogens (tertiary/aromatic N) is 1. The number of nitrogens with two attached hydrogens (primary N) is 1. The minimum atomic E-state index is -2.75. The van der Waals surface area contributed by atoms with Crippen LogP contribution in [0.1, 0.15) is 51.3 Å². The van der Waals surface area contributed by atoms with Gasteiger partial charge in [0, 0.05) is 11.7 Å². The summed E-state index contributed by atoms with van der Waals surface area (Å²) in [5.41, 5.74) is 5.72. The molecule has 0 aliphatic heterocycles. The van der Waals surface area contributed by atoms with Gasteiger partial charge in [0.1, 0.15) is 11.4 Å². The van der Waals surface area contributed by atoms with Crippen molar-refractivity contribution in [1.82, 2.24) is 4.98 Å². The lowest BCUT2D eigenvalue weighted by Crippen LogP contribution is -2.35. The van der Waals surface area contributed by atoms with Gasteiger partial charge < -0.3 is 10.5 Å². The van der Waals surface area contributed by atoms with Crippen LogP contribution >= 0.6 is 0 Å². The number of rotatable bonds is 8. The van der Waals surface area contributed by atoms with Crippen LogP contribution in [0.5, 0.6) is 5.75 Å². The van der Waals surface area contributed by atoms with Crippen LogP contribution in [-0.2, 0) is 0 Å². The average Bonchev–Trinajstić information content (AvgIpc) is 2.58. The van der Waals surface area contributed by atoms with Gasteiger partial charge in [0.25, 0.3) is 12.9 Å². The zero-order valence-electron chi connectivity index (χ0n) is 15.6. The van der Waals surface area contributed by atoms with Crippen LogP contribution in [0.4, 0.5) is 17.6 Å². The van der Waals surface area contributed by atoms with Crippen molar-refractivity contribution in [2.75, 3.05) is 6.61 Å². The van der Waals surface area contributed by atoms with Crippen molar-refractivity contribution in [3.8, 4) is 16.9 Å². The quantitative estimate of drug-likeness (QED) is 0.588. The van der Waals surface area contributed by atoms with Crippen molar-refractivity contribution in [2.24, 2.45) is 11.7 Å². The molecule has 7 heteroatoms. The highest BCUT2D eigenvalue weighted by Gasteiger charge is 2.19. The first-order chi connectivity index (χ1) is 12.6. The van der Waals surface area contributed by atoms with Crippen molar-refractivity contribution < 1.29 is 22.3 Å². The number of hydrogen-bond acceptors (Lipinski definition) is 3. The van der Waals surface area contributed by atoms with Gasteiger partial charge in [-0.1, -0.05) is 13.0 Å². The summed E-state index contributed by atoms with van der Waals surface area (Å²) >= 11 is 0. The first-order valence-corrected chi connectivity index (χ1v) is 8.65. The molecule has 0 saturated heterocycles. The maximum absolute atomic E-state index is 13.5. The molecule has 0 unspecified atom stereocenters. The summed E-state index contributed by atoms with van der Waals surface area (Å²) < 4.78 is 58.2. The number of hydrogen-bond donors (Lipinski definition) is 1. The molecule has 0 aliphatic carbocycles. The van der Waals surface area contributed by atoms with Crippen LogP contribution in [0.3, 0.4) is 0 Å². The lowest BCUT2D eigenvalue weighted by molar-refractivity contribution is 0.142. The fourth-order valence-corrected chi connectivity index (χ4v) is 2.97. The second kappa shape index (κ2) is 8.69. The molecule has 0 bridgehead atoms. The third-order valence-corrected chi connectivity index (χ3v) is 3.98. The lowest BCUT2D eigenvalue weighted by Gasteiger charge is -2.24. The van der Waals surface area contributed by atoms with Gasteiger partial charge >= 0.3 is 0 Å². The summed E-state index contributed by atoms with van der Waals surface area (Å²) in [6, 6.07) is 6.98. The molecule has 0 radical (unpaired) electrons. The highest BCUT2D eigenvalue weighted by molar-refractivity contribution is 5.66. The molecule has 0 spiro atoms. The van der Waals surface area contributed by atoms with Crippen LogP contribution in [0, 0.1) is 5.92 Å². The minimum Gasteiger partial charge on any atom is -0.493 e. The van der Waals surface area contributed by atoms with Crippen molar-refractivity contribution in [3.63, 3.8) is 0 Å². The predicted octanol–water partition coefficient (Wildman–Crippen LogP) is 5.77. The van der Waals surface area contributed by atoms with Crippen LogP contribution in [0.25, 0.3) is 11.1 Å². The number of ether oxygens (including phenoxy) is 1. The van der Waals surface area contributed by atoms with Crippen LogP contribution in [0.2, 0.25) is 0 Å². The third kappa shape index (κ3) is 6.20. The molecule has 0 amide bonds. The molecular weight excluding hydrogens is 360 g/mol. The average molecular weight is 384 g/mol. The number of benzene rings is 1. The van der Waals surface area contributed by atoms with Crippen LogP contribution in [-0.4, -0.2) is 17.1 Å². The minimum absolute atomic E-state index is 0.0820. The molecule has 2 aromatic rings. The van der Waals surface area contributed by atoms with E-state index in [-0.39, 0.29) is 29.4 Å². The summed E-state index contributed by atoms with van der Waals surface area (Å²) in [6.45, 7) is 5.98. The zero-order chi connectivity index (χ0) is 20.2. The largest absolute Gasteiger partial charge is 0.493 e. The van der Waals surface area contributed by atoms with E-state index in [1.54, 1.807) is 6.07 Å². The number of pyridine rings is 1. The van der Waals surface area contributed by atoms with E-state index in [1.807, 2.05) is 20.8 Å². The summed E-state index contributed by atoms with van der Waals surface area (Å²) in [7, 11) is 0. The molecule has 1 heterocycles. The van der Waals surface area contributed by atoms with E-state index in [0.717, 1.165) is 0 Å². The number of aromatic nitrogens is 1. The molecule has 2 rings (SSSR count). The Morgan fingerprint density at radius 3 is 2.30 bits per heavy atom. The van der Waals surface area contributed by atoms with E-state index in [4.69, 9.17) is 10.5 Å². The van der Waals surface area contributed by atoms with Gasteiger partial charge in [-0.2, -0.15) is 0 Å². The third-order valence-electron chi connectivity index (χ3n) is 3.98. The van der Waals surface area contributed by atoms with Gasteiger partial charge in [-0.25, -0.2) is 17.6 Å². The molecule has 1 aromatic carbocycles. The Balaban J connectivity index is 2.23. The van der Waals surface area contributed by atoms with Crippen LogP contribution in [0.15, 0.2) is 36.5 Å². The van der Waals surface area contributed by atoms with Gasteiger partial charge in [-0.15, -0.1) is 0 Å². The van der Waals surface area contributed by atoms with Gasteiger partial charge in [-0.3, -0.25) is 4.98 Å². The SMILES string of the molecule is C[C@H](COc1ccc(-c2ccnc(C(F)F)c2)cc1C(F)F)CC(C)(C)N. The van der Waals surface area contributed by atoms with E-state index in [1.165, 1.54) is 30.5 Å². The summed E-state index contributed by atoms with van der Waals surface area (Å²) in [5.74, 6) is 0.169. The van der Waals surface area contributed by atoms with Crippen molar-refractivity contribution >= 4 is 0 Å². The second-order valence-electron chi connectivity index (χ2n) is 7.43. The summed E-state index contributed by atoms with van der Waals surface area (Å²) in [5, 5.41) is 0. The Morgan fingerprint density at radius 1 is 1.04 bits per heavy atom. The molecular formula is C20H24F4N2O. The molecule has 0 fully saturated rings. The van der Waals surface area contributed by atoms with Gasteiger partial charge in [0.2, 0.25) is 0 Å². The van der Waals surface area contributed by atoms with Gasteiger partial charge in [0.05, 0.1) is 12.2 Å². The Kier molecular flexibility index (Phi) is 6.81. The second-order valence-corrected chi connectivity index (χ2v) is 7.43. The lowest BCUT2D eigenvalue weighted by atomic mass is 9.93. The molecule has 148 valence electrons. The van der Waals surface area contributed by atoms with Crippen molar-refractivity contribution in [1.29, 1.82) is 0 Å². The maximum atomic E-state index is 13.5. The van der Waals surface area contributed by atoms with Crippen LogP contribution < -0.4 is 10.5 Å². The van der Waals surface area contributed by atoms with Crippen molar-refractivity contribution in [2.45, 2.75) is 45.6 Å². The predicted molar refractivity (Wildman–Crippen MR) is 97.1 cm³/mol. The monoisotopic (exact) mass is 384 g/mol. The molecule has 0 saturated carbocycles. The van der Waals surface area contributed by atoms with E-state index in [9.17, 15) is 17.6 Å². The van der Waals surface area contributed by atoms with E-state index < -0.39 is 18.5 Å². The fourth-order valence-electron chi connectivity index (χ4n) is 2.97. The first-order valence-electron chi connectivity index (χ1n) is 8.65. The van der Waals surface area contributed by atoms with E-state index >= 15 is 0 Å². The molecule has 27 heavy (non-hydrogen) atoms. The summed E-state index contributed by atoms with van der Waals surface area (Å²) in [6.07, 6.45) is -3.56. The fraction of sp³-hybridized carbons (Fsp3) is 0.450. The summed E-state index contributed by atoms with van der Waals surface area (Å²) in [4.78, 5) is 3.58. The number of halogens is 4. The highest BCUT2D eigenvalue weighted by atomic mass is 19.3. The number of alkyl halides is 4. The Morgan fingerprint density at radius 2 is 1.70 bits per heavy atom. The highest BCUT2D eigenvalue weighted by Crippen LogP contribution is 2.34. The Labute approximate surface area is 156 Å². The molecule has 1 atom stereocenters. The van der Waals surface area contributed by atoms with E-state index in [2.05, 4.69) is 4.98 Å². The Bertz CT molecular complexity index is 760. The molecule has 3 nitrogen and oxygen atoms in total. The first kappa shape index (κ1) is 21.2. The zero-order valence-corrected chi connectivity index (χ0v) is 15.6. The van der Waals surface area contributed by atoms with Gasteiger partial charge in [-0.05, 0) is 61.6 Å². The smallest absolute Gasteiger partial charge is 0.280 e. The standard InChI is InChI=1S/C20H24F4N2O/c1-12(10-20(2,3)25)11-27-17-5-4-13(8-15(17)18(21)22)14-6-7-26-16(9-14)19(23)24/h4-9,12,18-19H,10-11,25H2,1-3H3/t12-/m0/s1. The van der Waals surface area contributed by atoms with E-state index in [0.29, 0.717) is 17.5 Å². The normalized spacial score (nSPS) is 13.3. The maximum Gasteiger partial charge on any atom is 0.280 e. The molecule has 1 aromatic heterocycles. The molecule has 0 aliphatic rings. The van der Waals surface area contributed by atoms with Crippen molar-refractivity contribution in [3.05, 3.63) is 47.8 Å².